The smallest absolute Gasteiger partial charge is 0.337 e. The van der Waals surface area contributed by atoms with E-state index in [9.17, 15) is 14.7 Å². The van der Waals surface area contributed by atoms with E-state index in [1.54, 1.807) is 0 Å². The summed E-state index contributed by atoms with van der Waals surface area (Å²) in [5, 5.41) is 26.0. The summed E-state index contributed by atoms with van der Waals surface area (Å²) in [4.78, 5) is 23.3. The van der Waals surface area contributed by atoms with Crippen molar-refractivity contribution < 1.29 is 24.3 Å². The third-order valence-electron chi connectivity index (χ3n) is 2.56. The van der Waals surface area contributed by atoms with E-state index in [4.69, 9.17) is 9.63 Å². The highest BCUT2D eigenvalue weighted by molar-refractivity contribution is 7.13. The number of amides is 1. The minimum absolute atomic E-state index is 0.0228. The summed E-state index contributed by atoms with van der Waals surface area (Å²) in [6.45, 7) is 0.665. The van der Waals surface area contributed by atoms with Crippen LogP contribution in [0.1, 0.15) is 17.4 Å². The van der Waals surface area contributed by atoms with Gasteiger partial charge in [-0.2, -0.15) is 0 Å². The molecule has 20 heavy (non-hydrogen) atoms. The number of aliphatic hydroxyl groups is 1. The van der Waals surface area contributed by atoms with Crippen LogP contribution in [0.5, 0.6) is 0 Å². The Morgan fingerprint density at radius 3 is 2.90 bits per heavy atom. The SMILES string of the molecule is CC(O)(CNC(=O)c1cc(-c2cccs2)on1)C(=O)O. The maximum atomic E-state index is 11.8. The molecule has 0 bridgehead atoms. The van der Waals surface area contributed by atoms with Gasteiger partial charge in [0.2, 0.25) is 0 Å². The molecule has 0 saturated heterocycles. The number of thiophene rings is 1. The Kier molecular flexibility index (Phi) is 3.86. The lowest BCUT2D eigenvalue weighted by molar-refractivity contribution is -0.155. The van der Waals surface area contributed by atoms with Gasteiger partial charge in [-0.05, 0) is 18.4 Å². The monoisotopic (exact) mass is 296 g/mol. The van der Waals surface area contributed by atoms with Gasteiger partial charge in [0.15, 0.2) is 17.1 Å². The molecule has 3 N–H and O–H groups in total. The van der Waals surface area contributed by atoms with Crippen LogP contribution < -0.4 is 5.32 Å². The average molecular weight is 296 g/mol. The van der Waals surface area contributed by atoms with Crippen LogP contribution >= 0.6 is 11.3 Å². The maximum Gasteiger partial charge on any atom is 0.337 e. The van der Waals surface area contributed by atoms with Crippen molar-refractivity contribution in [2.45, 2.75) is 12.5 Å². The molecule has 8 heteroatoms. The predicted molar refractivity (Wildman–Crippen MR) is 70.4 cm³/mol. The number of aromatic nitrogens is 1. The van der Waals surface area contributed by atoms with E-state index in [2.05, 4.69) is 10.5 Å². The van der Waals surface area contributed by atoms with Crippen molar-refractivity contribution in [2.24, 2.45) is 0 Å². The third-order valence-corrected chi connectivity index (χ3v) is 3.45. The van der Waals surface area contributed by atoms with Gasteiger partial charge in [-0.15, -0.1) is 11.3 Å². The van der Waals surface area contributed by atoms with Gasteiger partial charge in [0.05, 0.1) is 11.4 Å². The van der Waals surface area contributed by atoms with Gasteiger partial charge in [0.25, 0.3) is 5.91 Å². The summed E-state index contributed by atoms with van der Waals surface area (Å²) in [6.07, 6.45) is 0. The van der Waals surface area contributed by atoms with Crippen molar-refractivity contribution in [2.75, 3.05) is 6.54 Å². The number of hydrogen-bond acceptors (Lipinski definition) is 6. The lowest BCUT2D eigenvalue weighted by Crippen LogP contribution is -2.46. The summed E-state index contributed by atoms with van der Waals surface area (Å²) in [6, 6.07) is 5.12. The Morgan fingerprint density at radius 2 is 2.30 bits per heavy atom. The Bertz CT molecular complexity index is 618. The summed E-state index contributed by atoms with van der Waals surface area (Å²) in [5.41, 5.74) is -2.01. The van der Waals surface area contributed by atoms with Gasteiger partial charge in [0.1, 0.15) is 0 Å². The molecule has 106 valence electrons. The van der Waals surface area contributed by atoms with Crippen molar-refractivity contribution in [3.05, 3.63) is 29.3 Å². The second kappa shape index (κ2) is 5.43. The molecule has 1 amide bonds. The molecule has 0 aliphatic heterocycles. The summed E-state index contributed by atoms with van der Waals surface area (Å²) in [5.74, 6) is -1.58. The molecule has 0 aliphatic carbocycles. The first-order chi connectivity index (χ1) is 9.40. The largest absolute Gasteiger partial charge is 0.479 e. The summed E-state index contributed by atoms with van der Waals surface area (Å²) < 4.78 is 5.03. The Hall–Kier alpha value is -2.19. The molecule has 7 nitrogen and oxygen atoms in total. The van der Waals surface area contributed by atoms with E-state index >= 15 is 0 Å². The van der Waals surface area contributed by atoms with Gasteiger partial charge >= 0.3 is 5.97 Å². The van der Waals surface area contributed by atoms with Crippen LogP contribution in [0.15, 0.2) is 28.1 Å². The van der Waals surface area contributed by atoms with Crippen molar-refractivity contribution in [3.63, 3.8) is 0 Å². The Labute approximate surface area is 117 Å². The molecule has 0 saturated carbocycles. The second-order valence-corrected chi connectivity index (χ2v) is 5.26. The van der Waals surface area contributed by atoms with Crippen LogP contribution in [0.25, 0.3) is 10.6 Å². The van der Waals surface area contributed by atoms with E-state index in [1.807, 2.05) is 17.5 Å². The van der Waals surface area contributed by atoms with E-state index < -0.39 is 24.0 Å². The van der Waals surface area contributed by atoms with Gasteiger partial charge in [-0.25, -0.2) is 4.79 Å². The molecular formula is C12H12N2O5S. The summed E-state index contributed by atoms with van der Waals surface area (Å²) >= 11 is 1.44. The van der Waals surface area contributed by atoms with Gasteiger partial charge in [0, 0.05) is 6.07 Å². The van der Waals surface area contributed by atoms with Crippen molar-refractivity contribution >= 4 is 23.2 Å². The number of carbonyl (C=O) groups excluding carboxylic acids is 1. The molecule has 2 aromatic rings. The predicted octanol–water partition coefficient (Wildman–Crippen LogP) is 0.969. The third kappa shape index (κ3) is 3.03. The quantitative estimate of drug-likeness (QED) is 0.757. The van der Waals surface area contributed by atoms with Crippen LogP contribution in [-0.2, 0) is 4.79 Å². The molecule has 0 aliphatic rings. The molecule has 0 fully saturated rings. The van der Waals surface area contributed by atoms with Crippen LogP contribution in [0.3, 0.4) is 0 Å². The highest BCUT2D eigenvalue weighted by Gasteiger charge is 2.30. The normalized spacial score (nSPS) is 13.7. The lowest BCUT2D eigenvalue weighted by Gasteiger charge is -2.17. The standard InChI is InChI=1S/C12H12N2O5S/c1-12(18,11(16)17)6-13-10(15)7-5-8(19-14-7)9-3-2-4-20-9/h2-5,18H,6H2,1H3,(H,13,15)(H,16,17). The first kappa shape index (κ1) is 14.2. The Morgan fingerprint density at radius 1 is 1.55 bits per heavy atom. The molecule has 1 atom stereocenters. The molecule has 2 heterocycles. The summed E-state index contributed by atoms with van der Waals surface area (Å²) in [7, 11) is 0. The van der Waals surface area contributed by atoms with Gasteiger partial charge in [-0.1, -0.05) is 11.2 Å². The van der Waals surface area contributed by atoms with Crippen molar-refractivity contribution in [1.29, 1.82) is 0 Å². The first-order valence-electron chi connectivity index (χ1n) is 5.65. The van der Waals surface area contributed by atoms with Crippen LogP contribution in [0.4, 0.5) is 0 Å². The van der Waals surface area contributed by atoms with Gasteiger partial charge < -0.3 is 20.1 Å². The average Bonchev–Trinajstić information content (AvgIpc) is 3.05. The number of hydrogen-bond donors (Lipinski definition) is 3. The zero-order valence-corrected chi connectivity index (χ0v) is 11.3. The minimum Gasteiger partial charge on any atom is -0.479 e. The molecular weight excluding hydrogens is 284 g/mol. The number of aliphatic carboxylic acids is 1. The fraction of sp³-hybridized carbons (Fsp3) is 0.250. The minimum atomic E-state index is -2.03. The van der Waals surface area contributed by atoms with Crippen molar-refractivity contribution in [3.8, 4) is 10.6 Å². The molecule has 0 radical (unpaired) electrons. The fourth-order valence-corrected chi connectivity index (χ4v) is 2.01. The number of carboxylic acid groups (broad SMARTS) is 1. The molecule has 2 aromatic heterocycles. The topological polar surface area (TPSA) is 113 Å². The fourth-order valence-electron chi connectivity index (χ4n) is 1.34. The van der Waals surface area contributed by atoms with E-state index in [1.165, 1.54) is 17.4 Å². The lowest BCUT2D eigenvalue weighted by atomic mass is 10.1. The molecule has 1 unspecified atom stereocenters. The second-order valence-electron chi connectivity index (χ2n) is 4.32. The Balaban J connectivity index is 2.02. The van der Waals surface area contributed by atoms with Crippen LogP contribution in [0, 0.1) is 0 Å². The highest BCUT2D eigenvalue weighted by atomic mass is 32.1. The van der Waals surface area contributed by atoms with E-state index in [0.29, 0.717) is 5.76 Å². The van der Waals surface area contributed by atoms with Gasteiger partial charge in [-0.3, -0.25) is 4.79 Å². The number of carboxylic acids is 1. The molecule has 0 spiro atoms. The first-order valence-corrected chi connectivity index (χ1v) is 6.53. The van der Waals surface area contributed by atoms with E-state index in [-0.39, 0.29) is 5.69 Å². The number of nitrogens with zero attached hydrogens (tertiary/aromatic N) is 1. The van der Waals surface area contributed by atoms with E-state index in [0.717, 1.165) is 11.8 Å². The van der Waals surface area contributed by atoms with Crippen LogP contribution in [0.2, 0.25) is 0 Å². The highest BCUT2D eigenvalue weighted by Crippen LogP contribution is 2.25. The number of carbonyl (C=O) groups is 2. The number of nitrogens with one attached hydrogen (secondary N) is 1. The number of rotatable bonds is 5. The molecule has 0 aromatic carbocycles. The maximum absolute atomic E-state index is 11.8. The van der Waals surface area contributed by atoms with Crippen molar-refractivity contribution in [1.82, 2.24) is 10.5 Å². The zero-order chi connectivity index (χ0) is 14.8. The van der Waals surface area contributed by atoms with Crippen LogP contribution in [-0.4, -0.2) is 39.4 Å². The zero-order valence-electron chi connectivity index (χ0n) is 10.5. The molecule has 2 rings (SSSR count).